The minimum atomic E-state index is -1.52. The summed E-state index contributed by atoms with van der Waals surface area (Å²) in [6.07, 6.45) is -2.59. The van der Waals surface area contributed by atoms with Crippen LogP contribution in [0.25, 0.3) is 0 Å². The summed E-state index contributed by atoms with van der Waals surface area (Å²) in [5.74, 6) is -1.97. The summed E-state index contributed by atoms with van der Waals surface area (Å²) in [5, 5.41) is 21.0. The van der Waals surface area contributed by atoms with Gasteiger partial charge in [0, 0.05) is 11.1 Å². The van der Waals surface area contributed by atoms with Gasteiger partial charge in [-0.05, 0) is 35.6 Å². The zero-order valence-electron chi connectivity index (χ0n) is 21.1. The van der Waals surface area contributed by atoms with E-state index in [1.165, 1.54) is 28.4 Å². The van der Waals surface area contributed by atoms with E-state index in [4.69, 9.17) is 10.8 Å². The molecule has 1 aliphatic heterocycles. The molecule has 0 saturated heterocycles. The van der Waals surface area contributed by atoms with Crippen LogP contribution in [0.3, 0.4) is 0 Å². The van der Waals surface area contributed by atoms with Crippen LogP contribution in [0.5, 0.6) is 0 Å². The summed E-state index contributed by atoms with van der Waals surface area (Å²) >= 11 is 1.38. The minimum Gasteiger partial charge on any atom is -0.547 e. The number of aliphatic carboxylic acids is 1. The van der Waals surface area contributed by atoms with Crippen molar-refractivity contribution in [3.63, 3.8) is 0 Å². The van der Waals surface area contributed by atoms with Gasteiger partial charge in [-0.25, -0.2) is 0 Å². The van der Waals surface area contributed by atoms with Crippen molar-refractivity contribution in [1.82, 2.24) is 0 Å². The number of Topliss-reactive ketones (excluding diaryl/α,β-unsaturated/α-hetero) is 1. The van der Waals surface area contributed by atoms with Crippen molar-refractivity contribution >= 4 is 40.4 Å². The summed E-state index contributed by atoms with van der Waals surface area (Å²) in [5.41, 5.74) is 10.3. The van der Waals surface area contributed by atoms with Gasteiger partial charge in [-0.3, -0.25) is 14.6 Å². The molecule has 3 N–H and O–H groups in total. The minimum absolute atomic E-state index is 0.0670. The standard InChI is InChI=1S/C22H19N3O2S.C8H8O3/c1-14-11-12-28-20(14)18(26)13-25-17-10-6-5-9-16(17)19(24-21(23)22(25)27)15-7-3-2-4-8-15;9-7(8(10)11)6-4-2-1-3-5-6/h2-12,21H,13,23H2,1H3;1-5,7,9H,(H,10,11)/p-1/t21-;7-/m10/s1. The van der Waals surface area contributed by atoms with Gasteiger partial charge >= 0.3 is 0 Å². The molecule has 0 unspecified atom stereocenters. The number of amides is 1. The van der Waals surface area contributed by atoms with Crippen LogP contribution in [0.15, 0.2) is 101 Å². The van der Waals surface area contributed by atoms with E-state index < -0.39 is 18.2 Å². The average molecular weight is 541 g/mol. The second kappa shape index (κ2) is 12.4. The molecular formula is C30H26N3O5S-. The van der Waals surface area contributed by atoms with E-state index in [2.05, 4.69) is 4.99 Å². The number of carboxylic acids is 1. The molecule has 0 spiro atoms. The van der Waals surface area contributed by atoms with E-state index in [0.717, 1.165) is 16.7 Å². The number of benzodiazepines with no additional fused rings is 1. The molecule has 4 aromatic rings. The highest BCUT2D eigenvalue weighted by Gasteiger charge is 2.31. The molecule has 5 rings (SSSR count). The van der Waals surface area contributed by atoms with Gasteiger partial charge in [0.15, 0.2) is 11.9 Å². The van der Waals surface area contributed by atoms with Crippen LogP contribution in [0.2, 0.25) is 0 Å². The van der Waals surface area contributed by atoms with Crippen LogP contribution in [0, 0.1) is 6.92 Å². The maximum atomic E-state index is 13.0. The van der Waals surface area contributed by atoms with Gasteiger partial charge in [0.2, 0.25) is 0 Å². The largest absolute Gasteiger partial charge is 0.547 e. The summed E-state index contributed by atoms with van der Waals surface area (Å²) in [6.45, 7) is 1.83. The number of aliphatic imine (C=N–C) groups is 1. The molecule has 198 valence electrons. The predicted molar refractivity (Wildman–Crippen MR) is 149 cm³/mol. The number of carboxylic acid groups (broad SMARTS) is 1. The number of nitrogens with two attached hydrogens (primary N) is 1. The summed E-state index contributed by atoms with van der Waals surface area (Å²) < 4.78 is 0. The smallest absolute Gasteiger partial charge is 0.266 e. The van der Waals surface area contributed by atoms with Gasteiger partial charge in [-0.2, -0.15) is 0 Å². The van der Waals surface area contributed by atoms with Crippen LogP contribution in [-0.2, 0) is 9.59 Å². The zero-order valence-corrected chi connectivity index (χ0v) is 21.9. The number of anilines is 1. The van der Waals surface area contributed by atoms with E-state index in [1.54, 1.807) is 18.2 Å². The number of ketones is 1. The Balaban J connectivity index is 0.000000270. The molecule has 0 bridgehead atoms. The Hall–Kier alpha value is -4.44. The number of thiophene rings is 1. The van der Waals surface area contributed by atoms with Crippen LogP contribution in [0.1, 0.15) is 38.0 Å². The molecule has 0 aliphatic carbocycles. The lowest BCUT2D eigenvalue weighted by Crippen LogP contribution is -2.44. The highest BCUT2D eigenvalue weighted by Crippen LogP contribution is 2.28. The number of fused-ring (bicyclic) bond motifs is 1. The fraction of sp³-hybridized carbons (Fsp3) is 0.133. The number of benzene rings is 3. The van der Waals surface area contributed by atoms with Crippen LogP contribution in [0.4, 0.5) is 5.69 Å². The van der Waals surface area contributed by atoms with Gasteiger partial charge in [-0.15, -0.1) is 11.3 Å². The topological polar surface area (TPSA) is 136 Å². The van der Waals surface area contributed by atoms with Crippen molar-refractivity contribution in [3.05, 3.63) is 124 Å². The molecule has 1 aromatic heterocycles. The molecule has 2 atom stereocenters. The molecule has 0 saturated carbocycles. The van der Waals surface area contributed by atoms with Crippen LogP contribution in [-0.4, -0.2) is 41.2 Å². The maximum Gasteiger partial charge on any atom is 0.266 e. The predicted octanol–water partition coefficient (Wildman–Crippen LogP) is 2.88. The second-order valence-corrected chi connectivity index (χ2v) is 9.63. The van der Waals surface area contributed by atoms with Gasteiger partial charge in [-0.1, -0.05) is 78.9 Å². The quantitative estimate of drug-likeness (QED) is 0.361. The first-order valence-electron chi connectivity index (χ1n) is 12.1. The first-order chi connectivity index (χ1) is 18.8. The molecular weight excluding hydrogens is 514 g/mol. The second-order valence-electron chi connectivity index (χ2n) is 8.72. The van der Waals surface area contributed by atoms with Gasteiger partial charge in [0.25, 0.3) is 5.91 Å². The number of carbonyl (C=O) groups is 3. The number of aryl methyl sites for hydroxylation is 1. The van der Waals surface area contributed by atoms with Crippen molar-refractivity contribution in [2.24, 2.45) is 10.7 Å². The molecule has 1 aliphatic rings. The molecule has 39 heavy (non-hydrogen) atoms. The fourth-order valence-electron chi connectivity index (χ4n) is 4.09. The molecule has 9 heteroatoms. The lowest BCUT2D eigenvalue weighted by atomic mass is 10.00. The van der Waals surface area contributed by atoms with Gasteiger partial charge < -0.3 is 25.6 Å². The van der Waals surface area contributed by atoms with Crippen molar-refractivity contribution in [1.29, 1.82) is 0 Å². The Morgan fingerprint density at radius 1 is 1.00 bits per heavy atom. The molecule has 8 nitrogen and oxygen atoms in total. The van der Waals surface area contributed by atoms with Crippen molar-refractivity contribution < 1.29 is 24.6 Å². The van der Waals surface area contributed by atoms with Crippen LogP contribution >= 0.6 is 11.3 Å². The average Bonchev–Trinajstić information content (AvgIpc) is 3.37. The first kappa shape index (κ1) is 27.6. The SMILES string of the molecule is Cc1ccsc1C(=O)CN1C(=O)[C@H](N)N=C(c2ccccc2)c2ccccc21.O=C([O-])[C@@H](O)c1ccccc1. The lowest BCUT2D eigenvalue weighted by molar-refractivity contribution is -0.315. The molecule has 3 aromatic carbocycles. The monoisotopic (exact) mass is 540 g/mol. The number of aliphatic hydroxyl groups is 1. The number of rotatable bonds is 6. The van der Waals surface area contributed by atoms with Crippen molar-refractivity contribution in [2.75, 3.05) is 11.4 Å². The number of carbonyl (C=O) groups excluding carboxylic acids is 3. The number of hydrogen-bond acceptors (Lipinski definition) is 8. The third-order valence-electron chi connectivity index (χ3n) is 6.04. The Bertz CT molecular complexity index is 1500. The number of para-hydroxylation sites is 1. The first-order valence-corrected chi connectivity index (χ1v) is 13.0. The van der Waals surface area contributed by atoms with Gasteiger partial charge in [0.1, 0.15) is 6.10 Å². The number of aliphatic hydroxyl groups excluding tert-OH is 1. The Labute approximate surface area is 229 Å². The normalized spacial score (nSPS) is 15.3. The Morgan fingerprint density at radius 3 is 2.23 bits per heavy atom. The highest BCUT2D eigenvalue weighted by molar-refractivity contribution is 7.12. The Kier molecular flexibility index (Phi) is 8.77. The fourth-order valence-corrected chi connectivity index (χ4v) is 4.94. The van der Waals surface area contributed by atoms with E-state index in [9.17, 15) is 19.5 Å². The van der Waals surface area contributed by atoms with E-state index >= 15 is 0 Å². The summed E-state index contributed by atoms with van der Waals surface area (Å²) in [4.78, 5) is 42.6. The lowest BCUT2D eigenvalue weighted by Gasteiger charge is -2.23. The van der Waals surface area contributed by atoms with E-state index in [-0.39, 0.29) is 18.2 Å². The summed E-state index contributed by atoms with van der Waals surface area (Å²) in [6, 6.07) is 27.1. The van der Waals surface area contributed by atoms with Gasteiger partial charge in [0.05, 0.1) is 28.8 Å². The third-order valence-corrected chi connectivity index (χ3v) is 7.10. The van der Waals surface area contributed by atoms with E-state index in [1.807, 2.05) is 73.0 Å². The van der Waals surface area contributed by atoms with Crippen molar-refractivity contribution in [3.8, 4) is 0 Å². The maximum absolute atomic E-state index is 13.0. The summed E-state index contributed by atoms with van der Waals surface area (Å²) in [7, 11) is 0. The highest BCUT2D eigenvalue weighted by atomic mass is 32.1. The molecule has 1 amide bonds. The number of nitrogens with zero attached hydrogens (tertiary/aromatic N) is 2. The molecule has 0 radical (unpaired) electrons. The molecule has 0 fully saturated rings. The zero-order chi connectivity index (χ0) is 27.9. The van der Waals surface area contributed by atoms with Crippen LogP contribution < -0.4 is 15.7 Å². The van der Waals surface area contributed by atoms with Crippen molar-refractivity contribution in [2.45, 2.75) is 19.2 Å². The third kappa shape index (κ3) is 6.35. The number of hydrogen-bond donors (Lipinski definition) is 2. The molecule has 2 heterocycles. The van der Waals surface area contributed by atoms with E-state index in [0.29, 0.717) is 21.8 Å². The Morgan fingerprint density at radius 2 is 1.62 bits per heavy atom.